The van der Waals surface area contributed by atoms with Crippen molar-refractivity contribution in [2.24, 2.45) is 0 Å². The summed E-state index contributed by atoms with van der Waals surface area (Å²) in [5.41, 5.74) is 5.52. The maximum atomic E-state index is 13.5. The number of urea groups is 1. The van der Waals surface area contributed by atoms with Crippen molar-refractivity contribution in [1.29, 1.82) is 0 Å². The van der Waals surface area contributed by atoms with Gasteiger partial charge in [0.25, 0.3) is 0 Å². The molecule has 30 heavy (non-hydrogen) atoms. The molecule has 4 nitrogen and oxygen atoms in total. The summed E-state index contributed by atoms with van der Waals surface area (Å²) in [5, 5.41) is 3.13. The van der Waals surface area contributed by atoms with Crippen LogP contribution in [0.2, 0.25) is 0 Å². The third-order valence-corrected chi connectivity index (χ3v) is 5.63. The fraction of sp³-hybridized carbons (Fsp3) is 0.115. The van der Waals surface area contributed by atoms with Crippen molar-refractivity contribution in [3.63, 3.8) is 0 Å². The van der Waals surface area contributed by atoms with Crippen LogP contribution in [0.4, 0.5) is 4.79 Å². The smallest absolute Gasteiger partial charge is 0.318 e. The molecular formula is C26H23N3O. The fourth-order valence-corrected chi connectivity index (χ4v) is 4.20. The Morgan fingerprint density at radius 3 is 2.33 bits per heavy atom. The molecule has 1 aromatic heterocycles. The second-order valence-electron chi connectivity index (χ2n) is 7.52. The lowest BCUT2D eigenvalue weighted by Crippen LogP contribution is -2.41. The zero-order valence-corrected chi connectivity index (χ0v) is 16.6. The van der Waals surface area contributed by atoms with Crippen molar-refractivity contribution in [2.75, 3.05) is 0 Å². The van der Waals surface area contributed by atoms with Gasteiger partial charge in [-0.25, -0.2) is 4.79 Å². The molecular weight excluding hydrogens is 370 g/mol. The highest BCUT2D eigenvalue weighted by Gasteiger charge is 2.32. The first-order chi connectivity index (χ1) is 14.8. The predicted molar refractivity (Wildman–Crippen MR) is 118 cm³/mol. The van der Waals surface area contributed by atoms with Gasteiger partial charge in [0.15, 0.2) is 0 Å². The molecule has 4 aromatic rings. The van der Waals surface area contributed by atoms with E-state index in [0.29, 0.717) is 13.1 Å². The van der Waals surface area contributed by atoms with E-state index in [2.05, 4.69) is 46.4 Å². The van der Waals surface area contributed by atoms with Gasteiger partial charge in [-0.1, -0.05) is 78.9 Å². The van der Waals surface area contributed by atoms with Gasteiger partial charge >= 0.3 is 6.03 Å². The van der Waals surface area contributed by atoms with Gasteiger partial charge in [-0.05, 0) is 34.9 Å². The summed E-state index contributed by atoms with van der Waals surface area (Å²) in [7, 11) is 0. The zero-order chi connectivity index (χ0) is 20.3. The number of hydrogen-bond donors (Lipinski definition) is 1. The second-order valence-corrected chi connectivity index (χ2v) is 7.52. The Morgan fingerprint density at radius 1 is 0.833 bits per heavy atom. The normalized spacial score (nSPS) is 15.1. The Morgan fingerprint density at radius 2 is 1.53 bits per heavy atom. The van der Waals surface area contributed by atoms with E-state index in [4.69, 9.17) is 0 Å². The summed E-state index contributed by atoms with van der Waals surface area (Å²) < 4.78 is 2.21. The Labute approximate surface area is 176 Å². The predicted octanol–water partition coefficient (Wildman–Crippen LogP) is 5.29. The Bertz CT molecular complexity index is 1150. The summed E-state index contributed by atoms with van der Waals surface area (Å²) in [4.78, 5) is 15.4. The SMILES string of the molecule is O=C(NCc1ccccc1)N1Cc2ccccc2-n2cccc2[C@@H]1c1ccccc1. The number of aromatic nitrogens is 1. The van der Waals surface area contributed by atoms with Gasteiger partial charge in [-0.2, -0.15) is 0 Å². The van der Waals surface area contributed by atoms with Gasteiger partial charge in [0, 0.05) is 18.4 Å². The van der Waals surface area contributed by atoms with E-state index in [1.807, 2.05) is 71.6 Å². The van der Waals surface area contributed by atoms with Gasteiger partial charge in [0.1, 0.15) is 0 Å². The Balaban J connectivity index is 1.56. The number of fused-ring (bicyclic) bond motifs is 3. The molecule has 0 bridgehead atoms. The topological polar surface area (TPSA) is 37.3 Å². The van der Waals surface area contributed by atoms with Crippen LogP contribution in [0.1, 0.15) is 28.4 Å². The van der Waals surface area contributed by atoms with Crippen LogP contribution in [0.3, 0.4) is 0 Å². The molecule has 2 heterocycles. The average molecular weight is 393 g/mol. The minimum atomic E-state index is -0.177. The van der Waals surface area contributed by atoms with Gasteiger partial charge in [-0.15, -0.1) is 0 Å². The zero-order valence-electron chi connectivity index (χ0n) is 16.6. The first-order valence-corrected chi connectivity index (χ1v) is 10.2. The average Bonchev–Trinajstić information content (AvgIpc) is 3.23. The number of benzene rings is 3. The highest BCUT2D eigenvalue weighted by Crippen LogP contribution is 2.36. The lowest BCUT2D eigenvalue weighted by atomic mass is 10.0. The lowest BCUT2D eigenvalue weighted by molar-refractivity contribution is 0.180. The minimum Gasteiger partial charge on any atom is -0.334 e. The first-order valence-electron chi connectivity index (χ1n) is 10.2. The van der Waals surface area contributed by atoms with E-state index in [0.717, 1.165) is 28.1 Å². The first kappa shape index (κ1) is 18.3. The summed E-state index contributed by atoms with van der Waals surface area (Å²) in [6, 6.07) is 32.5. The van der Waals surface area contributed by atoms with Crippen LogP contribution in [-0.4, -0.2) is 15.5 Å². The molecule has 3 aromatic carbocycles. The van der Waals surface area contributed by atoms with E-state index in [1.54, 1.807) is 0 Å². The number of hydrogen-bond acceptors (Lipinski definition) is 1. The molecule has 0 radical (unpaired) electrons. The maximum Gasteiger partial charge on any atom is 0.318 e. The van der Waals surface area contributed by atoms with Gasteiger partial charge in [0.05, 0.1) is 18.3 Å². The number of carbonyl (C=O) groups is 1. The van der Waals surface area contributed by atoms with E-state index in [-0.39, 0.29) is 12.1 Å². The maximum absolute atomic E-state index is 13.5. The monoisotopic (exact) mass is 393 g/mol. The largest absolute Gasteiger partial charge is 0.334 e. The van der Waals surface area contributed by atoms with Crippen LogP contribution >= 0.6 is 0 Å². The summed E-state index contributed by atoms with van der Waals surface area (Å²) >= 11 is 0. The fourth-order valence-electron chi connectivity index (χ4n) is 4.20. The molecule has 0 spiro atoms. The highest BCUT2D eigenvalue weighted by atomic mass is 16.2. The number of nitrogens with zero attached hydrogens (tertiary/aromatic N) is 2. The van der Waals surface area contributed by atoms with Crippen molar-refractivity contribution in [3.8, 4) is 5.69 Å². The molecule has 4 heteroatoms. The minimum absolute atomic E-state index is 0.0721. The number of carbonyl (C=O) groups excluding carboxylic acids is 1. The van der Waals surface area contributed by atoms with Crippen LogP contribution in [-0.2, 0) is 13.1 Å². The van der Waals surface area contributed by atoms with Crippen LogP contribution in [0.25, 0.3) is 5.69 Å². The molecule has 0 saturated carbocycles. The van der Waals surface area contributed by atoms with Gasteiger partial charge in [-0.3, -0.25) is 0 Å². The molecule has 1 atom stereocenters. The molecule has 5 rings (SSSR count). The van der Waals surface area contributed by atoms with E-state index in [9.17, 15) is 4.79 Å². The van der Waals surface area contributed by atoms with Crippen LogP contribution in [0, 0.1) is 0 Å². The molecule has 0 saturated heterocycles. The quantitative estimate of drug-likeness (QED) is 0.504. The number of rotatable bonds is 3. The van der Waals surface area contributed by atoms with Crippen LogP contribution in [0.5, 0.6) is 0 Å². The van der Waals surface area contributed by atoms with Crippen molar-refractivity contribution in [3.05, 3.63) is 126 Å². The Hall–Kier alpha value is -3.79. The highest BCUT2D eigenvalue weighted by molar-refractivity contribution is 5.76. The van der Waals surface area contributed by atoms with Gasteiger partial charge < -0.3 is 14.8 Å². The van der Waals surface area contributed by atoms with E-state index in [1.165, 1.54) is 0 Å². The summed E-state index contributed by atoms with van der Waals surface area (Å²) in [5.74, 6) is 0. The number of amides is 2. The molecule has 1 aliphatic rings. The molecule has 1 N–H and O–H groups in total. The molecule has 0 fully saturated rings. The molecule has 0 aliphatic carbocycles. The Kier molecular flexibility index (Phi) is 4.81. The molecule has 148 valence electrons. The third kappa shape index (κ3) is 3.37. The van der Waals surface area contributed by atoms with E-state index >= 15 is 0 Å². The van der Waals surface area contributed by atoms with Crippen LogP contribution < -0.4 is 5.32 Å². The standard InChI is InChI=1S/C26H23N3O/c30-26(27-18-20-10-3-1-4-11-20)29-19-22-14-7-8-15-23(22)28-17-9-16-24(28)25(29)21-12-5-2-6-13-21/h1-17,25H,18-19H2,(H,27,30)/t25-/m0/s1. The number of nitrogens with one attached hydrogen (secondary N) is 1. The summed E-state index contributed by atoms with van der Waals surface area (Å²) in [6.45, 7) is 1.04. The van der Waals surface area contributed by atoms with Crippen molar-refractivity contribution in [1.82, 2.24) is 14.8 Å². The molecule has 0 unspecified atom stereocenters. The van der Waals surface area contributed by atoms with Gasteiger partial charge in [0.2, 0.25) is 0 Å². The third-order valence-electron chi connectivity index (χ3n) is 5.63. The van der Waals surface area contributed by atoms with Crippen molar-refractivity contribution >= 4 is 6.03 Å². The second kappa shape index (κ2) is 7.91. The van der Waals surface area contributed by atoms with Crippen molar-refractivity contribution < 1.29 is 4.79 Å². The molecule has 1 aliphatic heterocycles. The molecule has 2 amide bonds. The number of para-hydroxylation sites is 1. The van der Waals surface area contributed by atoms with Crippen LogP contribution in [0.15, 0.2) is 103 Å². The van der Waals surface area contributed by atoms with E-state index < -0.39 is 0 Å². The van der Waals surface area contributed by atoms with Crippen molar-refractivity contribution in [2.45, 2.75) is 19.1 Å². The lowest BCUT2D eigenvalue weighted by Gasteiger charge is -2.31. The summed E-state index contributed by atoms with van der Waals surface area (Å²) in [6.07, 6.45) is 2.08.